The Hall–Kier alpha value is -2.27. The van der Waals surface area contributed by atoms with Crippen LogP contribution in [0.3, 0.4) is 0 Å². The van der Waals surface area contributed by atoms with Crippen molar-refractivity contribution in [2.24, 2.45) is 5.73 Å². The van der Waals surface area contributed by atoms with E-state index in [1.807, 2.05) is 0 Å². The molecule has 1 heterocycles. The minimum absolute atomic E-state index is 0.0321. The molecule has 1 aliphatic rings. The molecule has 0 spiro atoms. The van der Waals surface area contributed by atoms with Gasteiger partial charge in [-0.15, -0.1) is 11.8 Å². The van der Waals surface area contributed by atoms with Crippen molar-refractivity contribution >= 4 is 35.2 Å². The minimum atomic E-state index is -4.59. The van der Waals surface area contributed by atoms with Gasteiger partial charge in [0, 0.05) is 18.9 Å². The quantitative estimate of drug-likeness (QED) is 0.579. The maximum Gasteiger partial charge on any atom is 0.418 e. The monoisotopic (exact) mass is 390 g/mol. The van der Waals surface area contributed by atoms with Crippen LogP contribution in [-0.2, 0) is 20.6 Å². The van der Waals surface area contributed by atoms with E-state index in [2.05, 4.69) is 16.0 Å². The highest BCUT2D eigenvalue weighted by Crippen LogP contribution is 2.34. The topological polar surface area (TPSA) is 113 Å². The highest BCUT2D eigenvalue weighted by Gasteiger charge is 2.33. The number of benzene rings is 1. The van der Waals surface area contributed by atoms with E-state index in [4.69, 9.17) is 5.73 Å². The molecule has 0 aliphatic carbocycles. The van der Waals surface area contributed by atoms with E-state index in [0.29, 0.717) is 0 Å². The first-order chi connectivity index (χ1) is 12.1. The molecule has 1 aliphatic heterocycles. The SMILES string of the molecule is NC(=O)CC1CC(=O)NC(SCC(=O)Nc2ccccc2C(F)(F)F)N1. The lowest BCUT2D eigenvalue weighted by molar-refractivity contribution is -0.137. The van der Waals surface area contributed by atoms with E-state index in [0.717, 1.165) is 23.9 Å². The van der Waals surface area contributed by atoms with Crippen molar-refractivity contribution in [3.63, 3.8) is 0 Å². The first-order valence-electron chi connectivity index (χ1n) is 7.56. The number of rotatable bonds is 6. The van der Waals surface area contributed by atoms with E-state index in [-0.39, 0.29) is 30.2 Å². The lowest BCUT2D eigenvalue weighted by Crippen LogP contribution is -2.55. The number of hydrogen-bond acceptors (Lipinski definition) is 5. The Morgan fingerprint density at radius 3 is 2.65 bits per heavy atom. The summed E-state index contributed by atoms with van der Waals surface area (Å²) in [6.45, 7) is 0. The first kappa shape index (κ1) is 20.0. The minimum Gasteiger partial charge on any atom is -0.370 e. The number of carbonyl (C=O) groups is 3. The average Bonchev–Trinajstić information content (AvgIpc) is 2.51. The molecule has 7 nitrogen and oxygen atoms in total. The van der Waals surface area contributed by atoms with Gasteiger partial charge < -0.3 is 16.4 Å². The van der Waals surface area contributed by atoms with Crippen molar-refractivity contribution in [1.82, 2.24) is 10.6 Å². The molecule has 11 heteroatoms. The molecule has 1 fully saturated rings. The summed E-state index contributed by atoms with van der Waals surface area (Å²) in [7, 11) is 0. The van der Waals surface area contributed by atoms with E-state index in [9.17, 15) is 27.6 Å². The number of primary amides is 1. The van der Waals surface area contributed by atoms with Gasteiger partial charge in [-0.1, -0.05) is 12.1 Å². The molecule has 0 saturated carbocycles. The number of hydrogen-bond donors (Lipinski definition) is 4. The molecule has 1 aromatic rings. The van der Waals surface area contributed by atoms with Crippen molar-refractivity contribution in [2.45, 2.75) is 30.6 Å². The molecule has 0 aromatic heterocycles. The number of carbonyl (C=O) groups excluding carboxylic acids is 3. The number of alkyl halides is 3. The van der Waals surface area contributed by atoms with Gasteiger partial charge in [-0.05, 0) is 12.1 Å². The molecular formula is C15H17F3N4O3S. The second kappa shape index (κ2) is 8.41. The Balaban J connectivity index is 1.91. The summed E-state index contributed by atoms with van der Waals surface area (Å²) in [5, 5.41) is 7.73. The maximum absolute atomic E-state index is 12.9. The number of amides is 3. The van der Waals surface area contributed by atoms with Crippen LogP contribution in [0, 0.1) is 0 Å². The summed E-state index contributed by atoms with van der Waals surface area (Å²) in [5.41, 5.74) is 3.17. The van der Waals surface area contributed by atoms with Crippen LogP contribution in [0.1, 0.15) is 18.4 Å². The zero-order chi connectivity index (χ0) is 19.3. The Morgan fingerprint density at radius 2 is 2.00 bits per heavy atom. The number of nitrogens with one attached hydrogen (secondary N) is 3. The van der Waals surface area contributed by atoms with Gasteiger partial charge >= 0.3 is 6.18 Å². The van der Waals surface area contributed by atoms with Crippen LogP contribution in [0.15, 0.2) is 24.3 Å². The van der Waals surface area contributed by atoms with Gasteiger partial charge in [0.2, 0.25) is 17.7 Å². The smallest absolute Gasteiger partial charge is 0.370 e. The lowest BCUT2D eigenvalue weighted by atomic mass is 10.1. The van der Waals surface area contributed by atoms with Crippen LogP contribution >= 0.6 is 11.8 Å². The van der Waals surface area contributed by atoms with Gasteiger partial charge in [-0.25, -0.2) is 0 Å². The van der Waals surface area contributed by atoms with Gasteiger partial charge in [0.05, 0.1) is 17.0 Å². The molecule has 5 N–H and O–H groups in total. The molecule has 1 saturated heterocycles. The third-order valence-electron chi connectivity index (χ3n) is 3.45. The molecule has 0 bridgehead atoms. The third kappa shape index (κ3) is 5.92. The van der Waals surface area contributed by atoms with Crippen molar-refractivity contribution in [2.75, 3.05) is 11.1 Å². The van der Waals surface area contributed by atoms with E-state index < -0.39 is 35.1 Å². The van der Waals surface area contributed by atoms with Gasteiger partial charge in [-0.2, -0.15) is 13.2 Å². The summed E-state index contributed by atoms with van der Waals surface area (Å²) in [4.78, 5) is 34.5. The Kier molecular flexibility index (Phi) is 6.48. The van der Waals surface area contributed by atoms with Gasteiger partial charge in [-0.3, -0.25) is 19.7 Å². The fraction of sp³-hybridized carbons (Fsp3) is 0.400. The predicted molar refractivity (Wildman–Crippen MR) is 89.8 cm³/mol. The van der Waals surface area contributed by atoms with Gasteiger partial charge in [0.15, 0.2) is 0 Å². The van der Waals surface area contributed by atoms with Crippen molar-refractivity contribution in [1.29, 1.82) is 0 Å². The number of thioether (sulfide) groups is 1. The second-order valence-electron chi connectivity index (χ2n) is 5.59. The normalized spacial score (nSPS) is 20.3. The Bertz CT molecular complexity index is 697. The molecule has 2 atom stereocenters. The van der Waals surface area contributed by atoms with Crippen LogP contribution in [0.2, 0.25) is 0 Å². The largest absolute Gasteiger partial charge is 0.418 e. The van der Waals surface area contributed by atoms with Gasteiger partial charge in [0.25, 0.3) is 0 Å². The first-order valence-corrected chi connectivity index (χ1v) is 8.61. The molecule has 2 unspecified atom stereocenters. The van der Waals surface area contributed by atoms with Crippen LogP contribution in [0.5, 0.6) is 0 Å². The standard InChI is InChI=1S/C15H17F3N4O3S/c16-15(17,18)9-3-1-2-4-10(9)21-13(25)7-26-14-20-8(5-11(19)23)6-12(24)22-14/h1-4,8,14,20H,5-7H2,(H2,19,23)(H,21,25)(H,22,24). The fourth-order valence-corrected chi connectivity index (χ4v) is 3.29. The van der Waals surface area contributed by atoms with Crippen LogP contribution in [0.4, 0.5) is 18.9 Å². The summed E-state index contributed by atoms with van der Waals surface area (Å²) in [6, 6.07) is 4.20. The predicted octanol–water partition coefficient (Wildman–Crippen LogP) is 1.01. The average molecular weight is 390 g/mol. The molecular weight excluding hydrogens is 373 g/mol. The molecule has 3 amide bonds. The third-order valence-corrected chi connectivity index (χ3v) is 4.46. The van der Waals surface area contributed by atoms with Crippen molar-refractivity contribution in [3.05, 3.63) is 29.8 Å². The second-order valence-corrected chi connectivity index (χ2v) is 6.68. The number of para-hydroxylation sites is 1. The number of nitrogens with two attached hydrogens (primary N) is 1. The van der Waals surface area contributed by atoms with E-state index in [1.165, 1.54) is 12.1 Å². The molecule has 1 aromatic carbocycles. The fourth-order valence-electron chi connectivity index (χ4n) is 2.39. The highest BCUT2D eigenvalue weighted by molar-refractivity contribution is 8.00. The van der Waals surface area contributed by atoms with E-state index in [1.54, 1.807) is 0 Å². The summed E-state index contributed by atoms with van der Waals surface area (Å²) >= 11 is 0.984. The van der Waals surface area contributed by atoms with Crippen molar-refractivity contribution < 1.29 is 27.6 Å². The zero-order valence-electron chi connectivity index (χ0n) is 13.4. The van der Waals surface area contributed by atoms with E-state index >= 15 is 0 Å². The Labute approximate surface area is 151 Å². The summed E-state index contributed by atoms with van der Waals surface area (Å²) in [6.07, 6.45) is -4.54. The number of anilines is 1. The Morgan fingerprint density at radius 1 is 1.31 bits per heavy atom. The van der Waals surface area contributed by atoms with Crippen LogP contribution < -0.4 is 21.7 Å². The molecule has 0 radical (unpaired) electrons. The zero-order valence-corrected chi connectivity index (χ0v) is 14.2. The van der Waals surface area contributed by atoms with Crippen LogP contribution in [-0.4, -0.2) is 35.0 Å². The molecule has 26 heavy (non-hydrogen) atoms. The summed E-state index contributed by atoms with van der Waals surface area (Å²) in [5.74, 6) is -1.73. The number of halogens is 3. The molecule has 2 rings (SSSR count). The van der Waals surface area contributed by atoms with Crippen LogP contribution in [0.25, 0.3) is 0 Å². The molecule has 142 valence electrons. The summed E-state index contributed by atoms with van der Waals surface area (Å²) < 4.78 is 38.7. The van der Waals surface area contributed by atoms with Crippen molar-refractivity contribution in [3.8, 4) is 0 Å². The highest BCUT2D eigenvalue weighted by atomic mass is 32.2. The lowest BCUT2D eigenvalue weighted by Gasteiger charge is -2.30. The maximum atomic E-state index is 12.9. The van der Waals surface area contributed by atoms with Gasteiger partial charge in [0.1, 0.15) is 5.50 Å².